The van der Waals surface area contributed by atoms with Crippen molar-refractivity contribution in [1.82, 2.24) is 0 Å². The second-order valence-corrected chi connectivity index (χ2v) is 10.7. The fraction of sp³-hybridized carbons (Fsp3) is 1.00. The van der Waals surface area contributed by atoms with Crippen molar-refractivity contribution in [2.45, 2.75) is 122 Å². The number of methoxy groups -OCH3 is 1. The van der Waals surface area contributed by atoms with Crippen LogP contribution in [-0.2, 0) is 23.7 Å². The standard InChI is InChI=1S/C26H52N2O8/c1-8-12-25(5,18-17(14-30)35-23(33-11-4)19(27)21(18)31)26(6,10-3)36-24-20(28)22(32-7)15(9-2)16(13-29)34-24/h15-24,29-31H,8-14,27-28H2,1-7H3/t15-,16?,17?,18-,19+,20?,21?,22+,23-,24+,25?,26?/m1/s1. The van der Waals surface area contributed by atoms with E-state index in [1.807, 2.05) is 34.6 Å². The third kappa shape index (κ3) is 5.93. The summed E-state index contributed by atoms with van der Waals surface area (Å²) in [7, 11) is 1.61. The highest BCUT2D eigenvalue weighted by Crippen LogP contribution is 2.52. The van der Waals surface area contributed by atoms with Crippen LogP contribution < -0.4 is 11.5 Å². The van der Waals surface area contributed by atoms with Gasteiger partial charge in [-0.3, -0.25) is 0 Å². The molecule has 0 amide bonds. The number of hydrogen-bond acceptors (Lipinski definition) is 10. The molecule has 6 unspecified atom stereocenters. The van der Waals surface area contributed by atoms with Crippen LogP contribution in [0.4, 0.5) is 0 Å². The minimum Gasteiger partial charge on any atom is -0.394 e. The molecule has 0 aliphatic carbocycles. The third-order valence-electron chi connectivity index (χ3n) is 8.89. The molecule has 0 bridgehead atoms. The van der Waals surface area contributed by atoms with Crippen LogP contribution in [0.2, 0.25) is 0 Å². The van der Waals surface area contributed by atoms with E-state index in [1.165, 1.54) is 0 Å². The molecule has 0 aromatic heterocycles. The molecule has 10 heteroatoms. The van der Waals surface area contributed by atoms with Gasteiger partial charge in [0.15, 0.2) is 12.6 Å². The molecule has 2 heterocycles. The average molecular weight is 521 g/mol. The van der Waals surface area contributed by atoms with E-state index in [9.17, 15) is 15.3 Å². The fourth-order valence-corrected chi connectivity index (χ4v) is 6.54. The van der Waals surface area contributed by atoms with Crippen molar-refractivity contribution in [1.29, 1.82) is 0 Å². The molecule has 0 aromatic rings. The van der Waals surface area contributed by atoms with Gasteiger partial charge in [-0.2, -0.15) is 0 Å². The van der Waals surface area contributed by atoms with Crippen LogP contribution in [0.25, 0.3) is 0 Å². The van der Waals surface area contributed by atoms with E-state index in [0.29, 0.717) is 19.4 Å². The molecular formula is C26H52N2O8. The Bertz CT molecular complexity index is 657. The van der Waals surface area contributed by atoms with E-state index >= 15 is 0 Å². The van der Waals surface area contributed by atoms with Gasteiger partial charge in [0, 0.05) is 31.0 Å². The van der Waals surface area contributed by atoms with Gasteiger partial charge in [0.1, 0.15) is 0 Å². The van der Waals surface area contributed by atoms with E-state index in [-0.39, 0.29) is 25.2 Å². The lowest BCUT2D eigenvalue weighted by Gasteiger charge is -2.58. The number of ether oxygens (including phenoxy) is 5. The molecule has 2 fully saturated rings. The monoisotopic (exact) mass is 520 g/mol. The van der Waals surface area contributed by atoms with Crippen molar-refractivity contribution in [3.63, 3.8) is 0 Å². The van der Waals surface area contributed by atoms with Gasteiger partial charge >= 0.3 is 0 Å². The molecule has 0 saturated carbocycles. The van der Waals surface area contributed by atoms with Crippen LogP contribution in [-0.4, -0.2) is 96.9 Å². The number of nitrogens with two attached hydrogens (primary N) is 2. The van der Waals surface area contributed by atoms with Gasteiger partial charge in [-0.25, -0.2) is 0 Å². The Labute approximate surface area is 216 Å². The summed E-state index contributed by atoms with van der Waals surface area (Å²) >= 11 is 0. The normalized spacial score (nSPS) is 41.0. The minimum atomic E-state index is -0.999. The Balaban J connectivity index is 2.47. The van der Waals surface area contributed by atoms with Crippen molar-refractivity contribution < 1.29 is 39.0 Å². The molecule has 12 atom stereocenters. The highest BCUT2D eigenvalue weighted by molar-refractivity contribution is 5.07. The molecule has 36 heavy (non-hydrogen) atoms. The molecular weight excluding hydrogens is 468 g/mol. The zero-order chi connectivity index (χ0) is 27.3. The summed E-state index contributed by atoms with van der Waals surface area (Å²) in [4.78, 5) is 0. The Morgan fingerprint density at radius 2 is 1.53 bits per heavy atom. The molecule has 0 aromatic carbocycles. The summed E-state index contributed by atoms with van der Waals surface area (Å²) in [6, 6.07) is -1.37. The number of aliphatic hydroxyl groups is 3. The van der Waals surface area contributed by atoms with Crippen molar-refractivity contribution in [3.05, 3.63) is 0 Å². The van der Waals surface area contributed by atoms with Gasteiger partial charge in [0.05, 0.1) is 55.3 Å². The topological polar surface area (TPSA) is 159 Å². The fourth-order valence-electron chi connectivity index (χ4n) is 6.54. The summed E-state index contributed by atoms with van der Waals surface area (Å²) in [5, 5.41) is 31.8. The summed E-state index contributed by atoms with van der Waals surface area (Å²) in [5.74, 6) is -0.611. The smallest absolute Gasteiger partial charge is 0.176 e. The molecule has 2 aliphatic rings. The Hall–Kier alpha value is -0.400. The molecule has 2 rings (SSSR count). The first-order chi connectivity index (χ1) is 17.0. The first kappa shape index (κ1) is 31.8. The number of rotatable bonds is 13. The highest BCUT2D eigenvalue weighted by atomic mass is 16.7. The summed E-state index contributed by atoms with van der Waals surface area (Å²) in [5.41, 5.74) is 11.5. The van der Waals surface area contributed by atoms with Crippen molar-refractivity contribution in [2.24, 2.45) is 28.7 Å². The summed E-state index contributed by atoms with van der Waals surface area (Å²) in [6.07, 6.45) is -1.40. The van der Waals surface area contributed by atoms with E-state index in [4.69, 9.17) is 35.2 Å². The maximum absolute atomic E-state index is 11.5. The lowest BCUT2D eigenvalue weighted by molar-refractivity contribution is -0.329. The van der Waals surface area contributed by atoms with Crippen LogP contribution in [0.15, 0.2) is 0 Å². The van der Waals surface area contributed by atoms with Crippen LogP contribution in [0.1, 0.15) is 67.2 Å². The maximum atomic E-state index is 11.5. The first-order valence-corrected chi connectivity index (χ1v) is 13.6. The largest absolute Gasteiger partial charge is 0.394 e. The van der Waals surface area contributed by atoms with E-state index in [1.54, 1.807) is 7.11 Å². The van der Waals surface area contributed by atoms with Crippen LogP contribution in [0.5, 0.6) is 0 Å². The Morgan fingerprint density at radius 1 is 0.917 bits per heavy atom. The molecule has 214 valence electrons. The maximum Gasteiger partial charge on any atom is 0.176 e. The highest BCUT2D eigenvalue weighted by Gasteiger charge is 2.59. The van der Waals surface area contributed by atoms with Crippen LogP contribution >= 0.6 is 0 Å². The number of hydrogen-bond donors (Lipinski definition) is 5. The zero-order valence-electron chi connectivity index (χ0n) is 23.3. The predicted molar refractivity (Wildman–Crippen MR) is 136 cm³/mol. The van der Waals surface area contributed by atoms with Gasteiger partial charge in [-0.15, -0.1) is 0 Å². The third-order valence-corrected chi connectivity index (χ3v) is 8.89. The summed E-state index contributed by atoms with van der Waals surface area (Å²) in [6.45, 7) is 11.9. The lowest BCUT2D eigenvalue weighted by atomic mass is 9.57. The van der Waals surface area contributed by atoms with Gasteiger partial charge in [0.25, 0.3) is 0 Å². The number of aliphatic hydroxyl groups excluding tert-OH is 3. The van der Waals surface area contributed by atoms with Crippen LogP contribution in [0, 0.1) is 17.3 Å². The summed E-state index contributed by atoms with van der Waals surface area (Å²) < 4.78 is 30.4. The zero-order valence-corrected chi connectivity index (χ0v) is 23.3. The molecule has 0 radical (unpaired) electrons. The minimum absolute atomic E-state index is 0.0643. The van der Waals surface area contributed by atoms with Gasteiger partial charge in [0.2, 0.25) is 0 Å². The van der Waals surface area contributed by atoms with E-state index in [2.05, 4.69) is 6.92 Å². The molecule has 7 N–H and O–H groups in total. The lowest BCUT2D eigenvalue weighted by Crippen LogP contribution is -2.68. The molecule has 2 aliphatic heterocycles. The second kappa shape index (κ2) is 13.6. The van der Waals surface area contributed by atoms with Crippen molar-refractivity contribution >= 4 is 0 Å². The van der Waals surface area contributed by atoms with Crippen molar-refractivity contribution in [3.8, 4) is 0 Å². The molecule has 0 spiro atoms. The van der Waals surface area contributed by atoms with E-state index < -0.39 is 59.9 Å². The van der Waals surface area contributed by atoms with E-state index in [0.717, 1.165) is 12.8 Å². The first-order valence-electron chi connectivity index (χ1n) is 13.6. The Morgan fingerprint density at radius 3 is 2.00 bits per heavy atom. The Kier molecular flexibility index (Phi) is 12.0. The van der Waals surface area contributed by atoms with Crippen LogP contribution in [0.3, 0.4) is 0 Å². The SMILES string of the molecule is CCCC(C)([C@@H]1C(CO)O[C@@H](OCC)[C@@H](N)C1O)C(C)(CC)O[C@@H]1OC(CO)[C@@H](CC)[C@H](OC)C1N. The predicted octanol–water partition coefficient (Wildman–Crippen LogP) is 1.12. The average Bonchev–Trinajstić information content (AvgIpc) is 2.87. The molecule has 2 saturated heterocycles. The van der Waals surface area contributed by atoms with Crippen molar-refractivity contribution in [2.75, 3.05) is 26.9 Å². The van der Waals surface area contributed by atoms with Gasteiger partial charge in [-0.05, 0) is 33.1 Å². The molecule has 10 nitrogen and oxygen atoms in total. The second-order valence-electron chi connectivity index (χ2n) is 10.7. The van der Waals surface area contributed by atoms with Gasteiger partial charge in [-0.1, -0.05) is 34.1 Å². The quantitative estimate of drug-likeness (QED) is 0.238. The van der Waals surface area contributed by atoms with Gasteiger partial charge < -0.3 is 50.5 Å².